The van der Waals surface area contributed by atoms with Crippen molar-refractivity contribution in [1.82, 2.24) is 0 Å². The molecule has 0 N–H and O–H groups in total. The number of carbonyl (C=O) groups excluding carboxylic acids is 1. The van der Waals surface area contributed by atoms with Crippen LogP contribution in [0.25, 0.3) is 0 Å². The van der Waals surface area contributed by atoms with Crippen LogP contribution >= 0.6 is 0 Å². The van der Waals surface area contributed by atoms with Crippen molar-refractivity contribution in [3.05, 3.63) is 35.1 Å². The van der Waals surface area contributed by atoms with Gasteiger partial charge >= 0.3 is 0 Å². The van der Waals surface area contributed by atoms with E-state index in [1.807, 2.05) is 19.1 Å². The van der Waals surface area contributed by atoms with Gasteiger partial charge in [-0.3, -0.25) is 4.79 Å². The van der Waals surface area contributed by atoms with Crippen molar-refractivity contribution >= 4 is 5.78 Å². The minimum absolute atomic E-state index is 0.0365. The molecule has 1 atom stereocenters. The first kappa shape index (κ1) is 12.8. The number of aryl methyl sites for hydroxylation is 1. The molecule has 2 aliphatic carbocycles. The molecule has 0 amide bonds. The second-order valence-electron chi connectivity index (χ2n) is 6.36. The van der Waals surface area contributed by atoms with Crippen molar-refractivity contribution in [2.24, 2.45) is 5.41 Å². The Hall–Kier alpha value is -1.18. The normalized spacial score (nSPS) is 26.0. The molecule has 2 fully saturated rings. The topological polar surface area (TPSA) is 17.1 Å². The number of benzene rings is 1. The van der Waals surface area contributed by atoms with Crippen LogP contribution in [0, 0.1) is 18.2 Å². The highest BCUT2D eigenvalue weighted by Crippen LogP contribution is 2.51. The van der Waals surface area contributed by atoms with Gasteiger partial charge in [-0.25, -0.2) is 4.39 Å². The second-order valence-corrected chi connectivity index (χ2v) is 6.36. The molecule has 3 rings (SSSR count). The molecule has 0 radical (unpaired) electrons. The van der Waals surface area contributed by atoms with Crippen LogP contribution in [-0.4, -0.2) is 5.78 Å². The number of rotatable bonds is 1. The summed E-state index contributed by atoms with van der Waals surface area (Å²) in [7, 11) is 0. The predicted octanol–water partition coefficient (Wildman–Crippen LogP) is 4.53. The third-order valence-corrected chi connectivity index (χ3v) is 5.16. The maximum Gasteiger partial charge on any atom is 0.139 e. The summed E-state index contributed by atoms with van der Waals surface area (Å²) >= 11 is 0. The maximum atomic E-state index is 13.4. The molecule has 0 aliphatic heterocycles. The van der Waals surface area contributed by atoms with Gasteiger partial charge < -0.3 is 0 Å². The SMILES string of the molecule is Cc1cc(C2CCC(=O)C3(CCCC3)C2)ccc1F. The fourth-order valence-electron chi connectivity index (χ4n) is 4.00. The number of carbonyl (C=O) groups is 1. The lowest BCUT2D eigenvalue weighted by Gasteiger charge is -2.37. The fourth-order valence-corrected chi connectivity index (χ4v) is 4.00. The van der Waals surface area contributed by atoms with E-state index in [1.165, 1.54) is 18.4 Å². The van der Waals surface area contributed by atoms with E-state index >= 15 is 0 Å². The number of Topliss-reactive ketones (excluding diaryl/α,β-unsaturated/α-hetero) is 1. The smallest absolute Gasteiger partial charge is 0.139 e. The summed E-state index contributed by atoms with van der Waals surface area (Å²) in [6.07, 6.45) is 7.16. The molecule has 0 aromatic heterocycles. The Morgan fingerprint density at radius 1 is 1.26 bits per heavy atom. The van der Waals surface area contributed by atoms with E-state index in [9.17, 15) is 9.18 Å². The molecule has 1 aromatic carbocycles. The number of hydrogen-bond donors (Lipinski definition) is 0. The molecule has 2 aliphatic rings. The summed E-state index contributed by atoms with van der Waals surface area (Å²) in [5.74, 6) is 0.793. The van der Waals surface area contributed by atoms with Gasteiger partial charge in [-0.2, -0.15) is 0 Å². The highest BCUT2D eigenvalue weighted by atomic mass is 19.1. The average Bonchev–Trinajstić information content (AvgIpc) is 2.86. The van der Waals surface area contributed by atoms with Gasteiger partial charge in [0, 0.05) is 11.8 Å². The van der Waals surface area contributed by atoms with Gasteiger partial charge in [0.1, 0.15) is 11.6 Å². The molecule has 2 heteroatoms. The Labute approximate surface area is 114 Å². The summed E-state index contributed by atoms with van der Waals surface area (Å²) in [4.78, 5) is 12.3. The van der Waals surface area contributed by atoms with Crippen molar-refractivity contribution < 1.29 is 9.18 Å². The average molecular weight is 260 g/mol. The Bertz CT molecular complexity index is 500. The van der Waals surface area contributed by atoms with E-state index in [1.54, 1.807) is 6.07 Å². The third-order valence-electron chi connectivity index (χ3n) is 5.16. The lowest BCUT2D eigenvalue weighted by Crippen LogP contribution is -2.34. The van der Waals surface area contributed by atoms with Gasteiger partial charge in [-0.15, -0.1) is 0 Å². The zero-order valence-corrected chi connectivity index (χ0v) is 11.5. The van der Waals surface area contributed by atoms with Gasteiger partial charge in [0.05, 0.1) is 0 Å². The minimum atomic E-state index is -0.133. The zero-order valence-electron chi connectivity index (χ0n) is 11.5. The van der Waals surface area contributed by atoms with Crippen molar-refractivity contribution in [3.8, 4) is 0 Å². The Morgan fingerprint density at radius 3 is 2.68 bits per heavy atom. The van der Waals surface area contributed by atoms with E-state index in [4.69, 9.17) is 0 Å². The summed E-state index contributed by atoms with van der Waals surface area (Å²) < 4.78 is 13.4. The largest absolute Gasteiger partial charge is 0.299 e. The Balaban J connectivity index is 1.85. The molecule has 0 heterocycles. The van der Waals surface area contributed by atoms with E-state index in [0.29, 0.717) is 18.1 Å². The van der Waals surface area contributed by atoms with Crippen molar-refractivity contribution in [1.29, 1.82) is 0 Å². The standard InChI is InChI=1S/C17H21FO/c1-12-10-13(4-6-15(12)18)14-5-7-16(19)17(11-14)8-2-3-9-17/h4,6,10,14H,2-3,5,7-9,11H2,1H3. The third kappa shape index (κ3) is 2.22. The molecule has 0 bridgehead atoms. The second kappa shape index (κ2) is 4.73. The zero-order chi connectivity index (χ0) is 13.5. The molecule has 1 aromatic rings. The van der Waals surface area contributed by atoms with E-state index in [2.05, 4.69) is 0 Å². The summed E-state index contributed by atoms with van der Waals surface area (Å²) in [6, 6.07) is 5.45. The molecule has 1 unspecified atom stereocenters. The highest BCUT2D eigenvalue weighted by molar-refractivity contribution is 5.86. The monoisotopic (exact) mass is 260 g/mol. The van der Waals surface area contributed by atoms with Gasteiger partial charge in [-0.05, 0) is 55.7 Å². The van der Waals surface area contributed by atoms with E-state index in [0.717, 1.165) is 31.2 Å². The van der Waals surface area contributed by atoms with Crippen LogP contribution in [0.15, 0.2) is 18.2 Å². The van der Waals surface area contributed by atoms with Gasteiger partial charge in [0.15, 0.2) is 0 Å². The quantitative estimate of drug-likeness (QED) is 0.725. The van der Waals surface area contributed by atoms with Crippen LogP contribution in [0.1, 0.15) is 62.0 Å². The number of hydrogen-bond acceptors (Lipinski definition) is 1. The van der Waals surface area contributed by atoms with Crippen molar-refractivity contribution in [2.75, 3.05) is 0 Å². The van der Waals surface area contributed by atoms with E-state index < -0.39 is 0 Å². The molecule has 1 spiro atoms. The molecule has 1 nitrogen and oxygen atoms in total. The molecule has 0 saturated heterocycles. The van der Waals surface area contributed by atoms with Gasteiger partial charge in [0.25, 0.3) is 0 Å². The van der Waals surface area contributed by atoms with Gasteiger partial charge in [-0.1, -0.05) is 25.0 Å². The number of halogens is 1. The Kier molecular flexibility index (Phi) is 3.20. The maximum absolute atomic E-state index is 13.4. The molecule has 2 saturated carbocycles. The lowest BCUT2D eigenvalue weighted by atomic mass is 9.66. The first-order valence-corrected chi connectivity index (χ1v) is 7.40. The molecular weight excluding hydrogens is 239 g/mol. The molecular formula is C17H21FO. The van der Waals surface area contributed by atoms with Crippen LogP contribution in [0.4, 0.5) is 4.39 Å². The Morgan fingerprint density at radius 2 is 2.00 bits per heavy atom. The lowest BCUT2D eigenvalue weighted by molar-refractivity contribution is -0.131. The van der Waals surface area contributed by atoms with Crippen LogP contribution in [0.3, 0.4) is 0 Å². The van der Waals surface area contributed by atoms with Gasteiger partial charge in [0.2, 0.25) is 0 Å². The number of ketones is 1. The first-order valence-electron chi connectivity index (χ1n) is 7.40. The highest BCUT2D eigenvalue weighted by Gasteiger charge is 2.45. The van der Waals surface area contributed by atoms with Crippen LogP contribution < -0.4 is 0 Å². The van der Waals surface area contributed by atoms with Crippen molar-refractivity contribution in [3.63, 3.8) is 0 Å². The fraction of sp³-hybridized carbons (Fsp3) is 0.588. The van der Waals surface area contributed by atoms with E-state index in [-0.39, 0.29) is 11.2 Å². The summed E-state index contributed by atoms with van der Waals surface area (Å²) in [5.41, 5.74) is 1.90. The van der Waals surface area contributed by atoms with Crippen LogP contribution in [-0.2, 0) is 4.79 Å². The predicted molar refractivity (Wildman–Crippen MR) is 73.6 cm³/mol. The van der Waals surface area contributed by atoms with Crippen molar-refractivity contribution in [2.45, 2.75) is 57.8 Å². The first-order chi connectivity index (χ1) is 9.11. The summed E-state index contributed by atoms with van der Waals surface area (Å²) in [5, 5.41) is 0. The van der Waals surface area contributed by atoms with Crippen LogP contribution in [0.2, 0.25) is 0 Å². The minimum Gasteiger partial charge on any atom is -0.299 e. The van der Waals surface area contributed by atoms with Crippen LogP contribution in [0.5, 0.6) is 0 Å². The molecule has 19 heavy (non-hydrogen) atoms. The summed E-state index contributed by atoms with van der Waals surface area (Å²) in [6.45, 7) is 1.82. The molecule has 102 valence electrons.